The van der Waals surface area contributed by atoms with E-state index in [1.54, 1.807) is 0 Å². The van der Waals surface area contributed by atoms with Crippen LogP contribution in [0.4, 0.5) is 5.69 Å². The number of anilines is 1. The summed E-state index contributed by atoms with van der Waals surface area (Å²) in [6.45, 7) is 12.9. The molecule has 0 unspecified atom stereocenters. The first-order valence-electron chi connectivity index (χ1n) is 11.8. The fraction of sp³-hybridized carbons (Fsp3) is 0.188. The molecular weight excluding hydrogens is 398 g/mol. The summed E-state index contributed by atoms with van der Waals surface area (Å²) in [5.74, 6) is 0. The Morgan fingerprint density at radius 3 is 2.45 bits per heavy atom. The number of nitrogens with one attached hydrogen (secondary N) is 1. The second-order valence-electron chi connectivity index (χ2n) is 9.03. The van der Waals surface area contributed by atoms with Gasteiger partial charge in [0.1, 0.15) is 0 Å². The standard InChI is InChI=1S/C32H33N/c1-23(2)33-32-22-29-16-9-8-15-28(29)21-31(32)30-17-11-10-13-26(30)19-18-25(4)27-14-7-5-6-12-24(3)20-27/h5,7-11,13,15-23,33H,3-4,6,12,14H2,1-2H3/b7-5-,19-18-,27-20+. The van der Waals surface area contributed by atoms with Gasteiger partial charge in [0.25, 0.3) is 0 Å². The van der Waals surface area contributed by atoms with Gasteiger partial charge >= 0.3 is 0 Å². The van der Waals surface area contributed by atoms with Gasteiger partial charge in [-0.15, -0.1) is 0 Å². The number of allylic oxidation sites excluding steroid dienone is 7. The Labute approximate surface area is 198 Å². The van der Waals surface area contributed by atoms with Crippen LogP contribution in [0.3, 0.4) is 0 Å². The van der Waals surface area contributed by atoms with Gasteiger partial charge < -0.3 is 5.32 Å². The summed E-state index contributed by atoms with van der Waals surface area (Å²) >= 11 is 0. The number of fused-ring (bicyclic) bond motifs is 1. The van der Waals surface area contributed by atoms with Crippen LogP contribution in [-0.2, 0) is 0 Å². The van der Waals surface area contributed by atoms with E-state index < -0.39 is 0 Å². The van der Waals surface area contributed by atoms with Gasteiger partial charge in [0, 0.05) is 17.3 Å². The average Bonchev–Trinajstić information content (AvgIpc) is 2.79. The largest absolute Gasteiger partial charge is 0.382 e. The van der Waals surface area contributed by atoms with Crippen molar-refractivity contribution in [1.82, 2.24) is 0 Å². The first kappa shape index (κ1) is 22.6. The zero-order valence-electron chi connectivity index (χ0n) is 19.8. The molecule has 1 nitrogen and oxygen atoms in total. The smallest absolute Gasteiger partial charge is 0.0428 e. The van der Waals surface area contributed by atoms with Crippen molar-refractivity contribution >= 4 is 22.5 Å². The zero-order chi connectivity index (χ0) is 23.2. The summed E-state index contributed by atoms with van der Waals surface area (Å²) in [6.07, 6.45) is 14.0. The van der Waals surface area contributed by atoms with E-state index in [0.29, 0.717) is 6.04 Å². The van der Waals surface area contributed by atoms with Crippen molar-refractivity contribution in [3.05, 3.63) is 120 Å². The molecule has 0 atom stereocenters. The number of hydrogen-bond donors (Lipinski definition) is 1. The molecule has 1 N–H and O–H groups in total. The maximum absolute atomic E-state index is 4.36. The first-order chi connectivity index (χ1) is 16.0. The van der Waals surface area contributed by atoms with E-state index in [0.717, 1.165) is 30.5 Å². The van der Waals surface area contributed by atoms with Gasteiger partial charge in [0.15, 0.2) is 0 Å². The molecule has 0 fully saturated rings. The van der Waals surface area contributed by atoms with Crippen molar-refractivity contribution in [3.8, 4) is 11.1 Å². The minimum atomic E-state index is 0.347. The van der Waals surface area contributed by atoms with Crippen LogP contribution in [-0.4, -0.2) is 6.04 Å². The minimum Gasteiger partial charge on any atom is -0.382 e. The molecule has 0 radical (unpaired) electrons. The molecule has 0 bridgehead atoms. The Morgan fingerprint density at radius 2 is 1.67 bits per heavy atom. The normalized spacial score (nSPS) is 16.9. The predicted octanol–water partition coefficient (Wildman–Crippen LogP) is 9.12. The van der Waals surface area contributed by atoms with Crippen LogP contribution in [0, 0.1) is 0 Å². The molecule has 1 heteroatoms. The summed E-state index contributed by atoms with van der Waals surface area (Å²) in [6, 6.07) is 22.1. The number of hydrogen-bond acceptors (Lipinski definition) is 1. The fourth-order valence-electron chi connectivity index (χ4n) is 4.28. The maximum Gasteiger partial charge on any atom is 0.0428 e. The van der Waals surface area contributed by atoms with E-state index in [9.17, 15) is 0 Å². The lowest BCUT2D eigenvalue weighted by Gasteiger charge is -2.18. The Balaban J connectivity index is 1.73. The summed E-state index contributed by atoms with van der Waals surface area (Å²) < 4.78 is 0. The number of rotatable bonds is 6. The average molecular weight is 432 g/mol. The van der Waals surface area contributed by atoms with Crippen molar-refractivity contribution in [3.63, 3.8) is 0 Å². The second-order valence-corrected chi connectivity index (χ2v) is 9.03. The lowest BCUT2D eigenvalue weighted by atomic mass is 9.93. The molecule has 3 aromatic rings. The Kier molecular flexibility index (Phi) is 7.10. The van der Waals surface area contributed by atoms with E-state index in [1.165, 1.54) is 38.6 Å². The molecule has 1 aliphatic rings. The molecule has 0 saturated heterocycles. The van der Waals surface area contributed by atoms with Gasteiger partial charge in [-0.1, -0.05) is 97.6 Å². The first-order valence-corrected chi connectivity index (χ1v) is 11.8. The highest BCUT2D eigenvalue weighted by Crippen LogP contribution is 2.36. The third-order valence-corrected chi connectivity index (χ3v) is 5.97. The van der Waals surface area contributed by atoms with Crippen LogP contribution in [0.5, 0.6) is 0 Å². The SMILES string of the molecule is C=C1/C=C(/C(=C)/C=C\c2ccccc2-c2cc3ccccc3cc2NC(C)C)C/C=C\CC1. The Hall–Kier alpha value is -3.58. The van der Waals surface area contributed by atoms with Crippen molar-refractivity contribution in [1.29, 1.82) is 0 Å². The Morgan fingerprint density at radius 1 is 0.939 bits per heavy atom. The molecule has 3 aromatic carbocycles. The van der Waals surface area contributed by atoms with E-state index in [1.807, 2.05) is 0 Å². The van der Waals surface area contributed by atoms with E-state index in [-0.39, 0.29) is 0 Å². The third kappa shape index (κ3) is 5.62. The minimum absolute atomic E-state index is 0.347. The van der Waals surface area contributed by atoms with E-state index >= 15 is 0 Å². The summed E-state index contributed by atoms with van der Waals surface area (Å²) in [7, 11) is 0. The van der Waals surface area contributed by atoms with E-state index in [2.05, 4.69) is 123 Å². The highest BCUT2D eigenvalue weighted by atomic mass is 14.9. The molecule has 0 saturated carbocycles. The van der Waals surface area contributed by atoms with Crippen molar-refractivity contribution in [2.24, 2.45) is 0 Å². The van der Waals surface area contributed by atoms with Crippen LogP contribution < -0.4 is 5.32 Å². The van der Waals surface area contributed by atoms with Crippen LogP contribution in [0.1, 0.15) is 38.7 Å². The molecule has 1 aliphatic carbocycles. The molecule has 166 valence electrons. The van der Waals surface area contributed by atoms with Gasteiger partial charge in [-0.3, -0.25) is 0 Å². The maximum atomic E-state index is 4.36. The molecule has 4 rings (SSSR count). The Bertz CT molecular complexity index is 1270. The molecule has 0 amide bonds. The summed E-state index contributed by atoms with van der Waals surface area (Å²) in [4.78, 5) is 0. The quantitative estimate of drug-likeness (QED) is 0.303. The van der Waals surface area contributed by atoms with Gasteiger partial charge in [0.2, 0.25) is 0 Å². The van der Waals surface area contributed by atoms with Crippen molar-refractivity contribution < 1.29 is 0 Å². The van der Waals surface area contributed by atoms with Crippen molar-refractivity contribution in [2.75, 3.05) is 5.32 Å². The predicted molar refractivity (Wildman–Crippen MR) is 147 cm³/mol. The molecule has 0 heterocycles. The molecular formula is C32H33N. The van der Waals surface area contributed by atoms with Crippen molar-refractivity contribution in [2.45, 2.75) is 39.2 Å². The van der Waals surface area contributed by atoms with Crippen LogP contribution in [0.2, 0.25) is 0 Å². The van der Waals surface area contributed by atoms with Gasteiger partial charge in [0.05, 0.1) is 0 Å². The highest BCUT2D eigenvalue weighted by Gasteiger charge is 2.11. The zero-order valence-corrected chi connectivity index (χ0v) is 19.8. The highest BCUT2D eigenvalue weighted by molar-refractivity contribution is 5.96. The molecule has 0 aromatic heterocycles. The monoisotopic (exact) mass is 431 g/mol. The number of benzene rings is 3. The van der Waals surface area contributed by atoms with Crippen LogP contribution >= 0.6 is 0 Å². The lowest BCUT2D eigenvalue weighted by Crippen LogP contribution is -2.10. The fourth-order valence-corrected chi connectivity index (χ4v) is 4.28. The van der Waals surface area contributed by atoms with Gasteiger partial charge in [-0.2, -0.15) is 0 Å². The molecule has 33 heavy (non-hydrogen) atoms. The van der Waals surface area contributed by atoms with Crippen LogP contribution in [0.25, 0.3) is 28.0 Å². The van der Waals surface area contributed by atoms with Gasteiger partial charge in [-0.25, -0.2) is 0 Å². The van der Waals surface area contributed by atoms with E-state index in [4.69, 9.17) is 0 Å². The second kappa shape index (κ2) is 10.4. The van der Waals surface area contributed by atoms with Crippen LogP contribution in [0.15, 0.2) is 115 Å². The summed E-state index contributed by atoms with van der Waals surface area (Å²) in [5.41, 5.74) is 8.22. The molecule has 0 spiro atoms. The van der Waals surface area contributed by atoms with Gasteiger partial charge in [-0.05, 0) is 78.3 Å². The lowest BCUT2D eigenvalue weighted by molar-refractivity contribution is 0.900. The topological polar surface area (TPSA) is 12.0 Å². The molecule has 0 aliphatic heterocycles. The summed E-state index contributed by atoms with van der Waals surface area (Å²) in [5, 5.41) is 6.15. The third-order valence-electron chi connectivity index (χ3n) is 5.97.